The second-order valence-corrected chi connectivity index (χ2v) is 10.7. The van der Waals surface area contributed by atoms with Gasteiger partial charge in [0.25, 0.3) is 0 Å². The summed E-state index contributed by atoms with van der Waals surface area (Å²) in [5.41, 5.74) is 3.78. The Kier molecular flexibility index (Phi) is 9.28. The van der Waals surface area contributed by atoms with Crippen molar-refractivity contribution in [3.05, 3.63) is 77.0 Å². The number of fused-ring (bicyclic) bond motifs is 4. The number of rotatable bonds is 6. The average molecular weight is 590 g/mol. The van der Waals surface area contributed by atoms with Crippen LogP contribution in [-0.2, 0) is 20.7 Å². The Morgan fingerprint density at radius 3 is 2.90 bits per heavy atom. The quantitative estimate of drug-likeness (QED) is 0.240. The van der Waals surface area contributed by atoms with E-state index in [-0.39, 0.29) is 24.3 Å². The van der Waals surface area contributed by atoms with Crippen molar-refractivity contribution >= 4 is 29.6 Å². The summed E-state index contributed by atoms with van der Waals surface area (Å²) in [7, 11) is 1.37. The van der Waals surface area contributed by atoms with Crippen LogP contribution in [0.25, 0.3) is 23.0 Å². The molecule has 2 aromatic heterocycles. The van der Waals surface area contributed by atoms with Gasteiger partial charge in [0.15, 0.2) is 0 Å². The molecule has 4 aromatic rings. The summed E-state index contributed by atoms with van der Waals surface area (Å²) in [5.74, 6) is 1.17. The molecule has 218 valence electrons. The number of nitrogens with one attached hydrogen (secondary N) is 2. The normalized spacial score (nSPS) is 17.3. The third kappa shape index (κ3) is 7.22. The van der Waals surface area contributed by atoms with Gasteiger partial charge in [-0.2, -0.15) is 4.68 Å². The Morgan fingerprint density at radius 2 is 2.10 bits per heavy atom. The zero-order valence-electron chi connectivity index (χ0n) is 23.4. The molecule has 3 heterocycles. The number of tetrazole rings is 1. The van der Waals surface area contributed by atoms with E-state index in [1.165, 1.54) is 24.2 Å². The number of aromatic amines is 1. The van der Waals surface area contributed by atoms with Crippen molar-refractivity contribution in [1.82, 2.24) is 35.5 Å². The predicted octanol–water partition coefficient (Wildman–Crippen LogP) is 4.88. The number of esters is 1. The van der Waals surface area contributed by atoms with E-state index in [1.54, 1.807) is 30.5 Å². The molecule has 2 N–H and O–H groups in total. The summed E-state index contributed by atoms with van der Waals surface area (Å²) in [5, 5.41) is 15.0. The fourth-order valence-corrected chi connectivity index (χ4v) is 5.08. The highest BCUT2D eigenvalue weighted by molar-refractivity contribution is 6.30. The molecule has 0 spiro atoms. The lowest BCUT2D eigenvalue weighted by Crippen LogP contribution is -2.28. The standard InChI is InChI=1S/C30H32ClN7O4/c1-19-4-3-5-24(34-28(39)11-7-21-16-22(31)8-10-26(21)38-18-33-36-37-38)30-32-17-25(35-30)23-9-6-20(15-29(40)41-2)14-27(23)42-13-12-19/h6-11,14,16-19,24H,3-5,12-13,15H2,1-2H3,(H,32,35)(H,34,39)/b11-7+/t19?,24-/m0/s1. The van der Waals surface area contributed by atoms with Crippen LogP contribution < -0.4 is 10.1 Å². The van der Waals surface area contributed by atoms with E-state index in [0.29, 0.717) is 40.4 Å². The molecule has 1 aliphatic heterocycles. The number of imidazole rings is 1. The number of methoxy groups -OCH3 is 1. The van der Waals surface area contributed by atoms with Crippen LogP contribution >= 0.6 is 11.6 Å². The van der Waals surface area contributed by atoms with Gasteiger partial charge in [0.1, 0.15) is 17.9 Å². The molecule has 1 aliphatic rings. The molecule has 0 radical (unpaired) electrons. The number of carbonyl (C=O) groups excluding carboxylic acids is 2. The number of amides is 1. The maximum Gasteiger partial charge on any atom is 0.309 e. The molecule has 0 saturated carbocycles. The number of benzene rings is 2. The van der Waals surface area contributed by atoms with Crippen LogP contribution in [0.4, 0.5) is 0 Å². The van der Waals surface area contributed by atoms with Gasteiger partial charge in [-0.15, -0.1) is 5.10 Å². The molecule has 1 amide bonds. The minimum absolute atomic E-state index is 0.159. The molecule has 2 atom stereocenters. The average Bonchev–Trinajstić information content (AvgIpc) is 3.69. The number of halogens is 1. The summed E-state index contributed by atoms with van der Waals surface area (Å²) in [4.78, 5) is 33.0. The zero-order valence-corrected chi connectivity index (χ0v) is 24.2. The molecule has 0 fully saturated rings. The van der Waals surface area contributed by atoms with Gasteiger partial charge >= 0.3 is 5.97 Å². The number of carbonyl (C=O) groups is 2. The van der Waals surface area contributed by atoms with E-state index in [9.17, 15) is 9.59 Å². The molecule has 0 saturated heterocycles. The summed E-state index contributed by atoms with van der Waals surface area (Å²) in [6.45, 7) is 2.75. The van der Waals surface area contributed by atoms with Crippen LogP contribution in [0.5, 0.6) is 5.75 Å². The number of nitrogens with zero attached hydrogens (tertiary/aromatic N) is 5. The Labute approximate surface area is 248 Å². The lowest BCUT2D eigenvalue weighted by molar-refractivity contribution is -0.139. The summed E-state index contributed by atoms with van der Waals surface area (Å²) >= 11 is 6.22. The van der Waals surface area contributed by atoms with E-state index < -0.39 is 0 Å². The Morgan fingerprint density at radius 1 is 1.21 bits per heavy atom. The van der Waals surface area contributed by atoms with Gasteiger partial charge in [-0.1, -0.05) is 37.4 Å². The van der Waals surface area contributed by atoms with E-state index in [4.69, 9.17) is 21.1 Å². The predicted molar refractivity (Wildman–Crippen MR) is 157 cm³/mol. The Bertz CT molecular complexity index is 1570. The molecular formula is C30H32ClN7O4. The summed E-state index contributed by atoms with van der Waals surface area (Å²) in [6, 6.07) is 10.6. The van der Waals surface area contributed by atoms with Crippen LogP contribution in [0.2, 0.25) is 5.02 Å². The lowest BCUT2D eigenvalue weighted by atomic mass is 9.98. The number of H-pyrrole nitrogens is 1. The number of aromatic nitrogens is 6. The van der Waals surface area contributed by atoms with Gasteiger partial charge in [0.2, 0.25) is 5.91 Å². The Balaban J connectivity index is 1.39. The fraction of sp³-hybridized carbons (Fsp3) is 0.333. The second kappa shape index (κ2) is 13.4. The van der Waals surface area contributed by atoms with Crippen LogP contribution in [0.3, 0.4) is 0 Å². The minimum atomic E-state index is -0.329. The van der Waals surface area contributed by atoms with E-state index in [1.807, 2.05) is 18.2 Å². The molecule has 5 rings (SSSR count). The highest BCUT2D eigenvalue weighted by Crippen LogP contribution is 2.33. The van der Waals surface area contributed by atoms with Gasteiger partial charge in [-0.25, -0.2) is 4.98 Å². The van der Waals surface area contributed by atoms with Crippen LogP contribution in [0.1, 0.15) is 55.6 Å². The topological polar surface area (TPSA) is 137 Å². The van der Waals surface area contributed by atoms with Gasteiger partial charge < -0.3 is 19.8 Å². The third-order valence-corrected chi connectivity index (χ3v) is 7.45. The number of ether oxygens (including phenoxy) is 2. The fourth-order valence-electron chi connectivity index (χ4n) is 4.89. The van der Waals surface area contributed by atoms with Gasteiger partial charge in [-0.3, -0.25) is 9.59 Å². The second-order valence-electron chi connectivity index (χ2n) is 10.3. The smallest absolute Gasteiger partial charge is 0.309 e. The van der Waals surface area contributed by atoms with Crippen LogP contribution in [0.15, 0.2) is 55.0 Å². The Hall–Kier alpha value is -4.51. The maximum atomic E-state index is 13.1. The van der Waals surface area contributed by atoms with Crippen molar-refractivity contribution in [1.29, 1.82) is 0 Å². The molecule has 42 heavy (non-hydrogen) atoms. The van der Waals surface area contributed by atoms with E-state index in [2.05, 4.69) is 37.7 Å². The van der Waals surface area contributed by atoms with Crippen LogP contribution in [0, 0.1) is 5.92 Å². The van der Waals surface area contributed by atoms with Crippen molar-refractivity contribution in [2.45, 2.75) is 45.1 Å². The maximum absolute atomic E-state index is 13.1. The van der Waals surface area contributed by atoms with E-state index >= 15 is 0 Å². The molecule has 0 aliphatic carbocycles. The summed E-state index contributed by atoms with van der Waals surface area (Å²) < 4.78 is 12.5. The van der Waals surface area contributed by atoms with Crippen molar-refractivity contribution < 1.29 is 19.1 Å². The lowest BCUT2D eigenvalue weighted by Gasteiger charge is -2.17. The zero-order chi connectivity index (χ0) is 29.5. The summed E-state index contributed by atoms with van der Waals surface area (Å²) in [6.07, 6.45) is 10.0. The van der Waals surface area contributed by atoms with Crippen LogP contribution in [-0.4, -0.2) is 55.8 Å². The molecule has 2 bridgehead atoms. The van der Waals surface area contributed by atoms with Gasteiger partial charge in [-0.05, 0) is 71.2 Å². The van der Waals surface area contributed by atoms with Crippen molar-refractivity contribution in [2.75, 3.05) is 13.7 Å². The molecule has 2 aromatic carbocycles. The van der Waals surface area contributed by atoms with Crippen molar-refractivity contribution in [3.63, 3.8) is 0 Å². The number of hydrogen-bond acceptors (Lipinski definition) is 8. The largest absolute Gasteiger partial charge is 0.493 e. The highest BCUT2D eigenvalue weighted by atomic mass is 35.5. The molecule has 11 nitrogen and oxygen atoms in total. The minimum Gasteiger partial charge on any atom is -0.493 e. The van der Waals surface area contributed by atoms with Crippen molar-refractivity contribution in [3.8, 4) is 22.7 Å². The monoisotopic (exact) mass is 589 g/mol. The molecule has 1 unspecified atom stereocenters. The highest BCUT2D eigenvalue weighted by Gasteiger charge is 2.20. The first-order chi connectivity index (χ1) is 20.4. The first kappa shape index (κ1) is 29.0. The molecular weight excluding hydrogens is 558 g/mol. The van der Waals surface area contributed by atoms with Gasteiger partial charge in [0, 0.05) is 22.2 Å². The third-order valence-electron chi connectivity index (χ3n) is 7.21. The SMILES string of the molecule is COC(=O)Cc1ccc2c(c1)OCCC(C)CCC[C@H](NC(=O)/C=C/c1cc(Cl)ccc1-n1cnnn1)c1ncc-2[nH]1. The number of hydrogen-bond donors (Lipinski definition) is 2. The first-order valence-corrected chi connectivity index (χ1v) is 14.2. The van der Waals surface area contributed by atoms with Gasteiger partial charge in [0.05, 0.1) is 43.8 Å². The molecule has 12 heteroatoms. The van der Waals surface area contributed by atoms with Crippen molar-refractivity contribution in [2.24, 2.45) is 5.92 Å². The first-order valence-electron chi connectivity index (χ1n) is 13.8. The van der Waals surface area contributed by atoms with E-state index in [0.717, 1.165) is 42.5 Å².